The van der Waals surface area contributed by atoms with Gasteiger partial charge in [0, 0.05) is 25.2 Å². The first-order valence-corrected chi connectivity index (χ1v) is 5.43. The Labute approximate surface area is 89.1 Å². The van der Waals surface area contributed by atoms with E-state index < -0.39 is 0 Å². The fraction of sp³-hybridized carbons (Fsp3) is 0.385. The third-order valence-electron chi connectivity index (χ3n) is 3.31. The second-order valence-electron chi connectivity index (χ2n) is 4.72. The van der Waals surface area contributed by atoms with Crippen LogP contribution in [0, 0.1) is 0 Å². The summed E-state index contributed by atoms with van der Waals surface area (Å²) in [6.07, 6.45) is 4.79. The lowest BCUT2D eigenvalue weighted by molar-refractivity contribution is 0.151. The molecule has 1 heterocycles. The van der Waals surface area contributed by atoms with E-state index in [1.165, 1.54) is 16.5 Å². The number of benzene rings is 1. The van der Waals surface area contributed by atoms with Gasteiger partial charge in [-0.25, -0.2) is 0 Å². The smallest absolute Gasteiger partial charge is 0.0690 e. The second-order valence-corrected chi connectivity index (χ2v) is 4.72. The summed E-state index contributed by atoms with van der Waals surface area (Å²) in [5.41, 5.74) is 2.11. The quantitative estimate of drug-likeness (QED) is 0.792. The molecule has 0 spiro atoms. The van der Waals surface area contributed by atoms with E-state index in [1.807, 2.05) is 0 Å². The highest BCUT2D eigenvalue weighted by atomic mass is 16.3. The van der Waals surface area contributed by atoms with E-state index in [0.29, 0.717) is 0 Å². The number of hydrogen-bond acceptors (Lipinski definition) is 1. The molecule has 3 rings (SSSR count). The van der Waals surface area contributed by atoms with Crippen molar-refractivity contribution in [2.45, 2.75) is 24.9 Å². The molecule has 2 heteroatoms. The maximum absolute atomic E-state index is 9.85. The topological polar surface area (TPSA) is 25.2 Å². The van der Waals surface area contributed by atoms with Gasteiger partial charge in [0.2, 0.25) is 0 Å². The Morgan fingerprint density at radius 2 is 2.13 bits per heavy atom. The highest BCUT2D eigenvalue weighted by Gasteiger charge is 2.40. The molecule has 2 nitrogen and oxygen atoms in total. The van der Waals surface area contributed by atoms with Crippen LogP contribution in [0.5, 0.6) is 0 Å². The zero-order chi connectivity index (χ0) is 10.5. The van der Waals surface area contributed by atoms with Gasteiger partial charge in [0.15, 0.2) is 0 Å². The molecule has 0 saturated heterocycles. The molecule has 1 aromatic carbocycles. The minimum absolute atomic E-state index is 0.386. The van der Waals surface area contributed by atoms with Crippen LogP contribution >= 0.6 is 0 Å². The standard InChI is InChI=1S/C13H15NO/c1-14-7-4-11-8-10(2-3-12(11)14)9-13(15)5-6-13/h2-4,7-8,15H,5-6,9H2,1H3. The zero-order valence-corrected chi connectivity index (χ0v) is 8.90. The minimum atomic E-state index is -0.386. The summed E-state index contributed by atoms with van der Waals surface area (Å²) >= 11 is 0. The normalized spacial score (nSPS) is 18.3. The van der Waals surface area contributed by atoms with Crippen LogP contribution in [-0.4, -0.2) is 15.3 Å². The van der Waals surface area contributed by atoms with Crippen molar-refractivity contribution in [2.75, 3.05) is 0 Å². The van der Waals surface area contributed by atoms with E-state index in [2.05, 4.69) is 42.1 Å². The van der Waals surface area contributed by atoms with Crippen molar-refractivity contribution in [3.05, 3.63) is 36.0 Å². The molecule has 1 aliphatic rings. The van der Waals surface area contributed by atoms with Crippen LogP contribution in [0.25, 0.3) is 10.9 Å². The van der Waals surface area contributed by atoms with Crippen molar-refractivity contribution in [3.8, 4) is 0 Å². The first-order valence-electron chi connectivity index (χ1n) is 5.43. The Morgan fingerprint density at radius 3 is 2.87 bits per heavy atom. The Hall–Kier alpha value is -1.28. The molecule has 1 aromatic heterocycles. The Bertz CT molecular complexity index is 508. The van der Waals surface area contributed by atoms with Crippen LogP contribution in [0.15, 0.2) is 30.5 Å². The van der Waals surface area contributed by atoms with Gasteiger partial charge in [-0.15, -0.1) is 0 Å². The fourth-order valence-corrected chi connectivity index (χ4v) is 2.14. The average molecular weight is 201 g/mol. The minimum Gasteiger partial charge on any atom is -0.390 e. The first kappa shape index (κ1) is 8.98. The van der Waals surface area contributed by atoms with Crippen molar-refractivity contribution in [1.29, 1.82) is 0 Å². The van der Waals surface area contributed by atoms with Crippen LogP contribution in [-0.2, 0) is 13.5 Å². The Balaban J connectivity index is 1.99. The molecule has 2 aromatic rings. The van der Waals surface area contributed by atoms with E-state index in [9.17, 15) is 5.11 Å². The van der Waals surface area contributed by atoms with Crippen LogP contribution in [0.3, 0.4) is 0 Å². The molecule has 0 radical (unpaired) electrons. The fourth-order valence-electron chi connectivity index (χ4n) is 2.14. The molecule has 15 heavy (non-hydrogen) atoms. The van der Waals surface area contributed by atoms with Crippen molar-refractivity contribution < 1.29 is 5.11 Å². The highest BCUT2D eigenvalue weighted by Crippen LogP contribution is 2.38. The summed E-state index contributed by atoms with van der Waals surface area (Å²) in [5.74, 6) is 0. The van der Waals surface area contributed by atoms with Gasteiger partial charge in [-0.3, -0.25) is 0 Å². The molecule has 1 saturated carbocycles. The Morgan fingerprint density at radius 1 is 1.33 bits per heavy atom. The molecule has 0 bridgehead atoms. The monoisotopic (exact) mass is 201 g/mol. The number of aliphatic hydroxyl groups is 1. The summed E-state index contributed by atoms with van der Waals surface area (Å²) in [4.78, 5) is 0. The average Bonchev–Trinajstić information content (AvgIpc) is 2.81. The SMILES string of the molecule is Cn1ccc2cc(CC3(O)CC3)ccc21. The predicted octanol–water partition coefficient (Wildman–Crippen LogP) is 2.25. The molecule has 0 amide bonds. The van der Waals surface area contributed by atoms with Gasteiger partial charge in [-0.05, 0) is 42.0 Å². The number of aromatic nitrogens is 1. The summed E-state index contributed by atoms with van der Waals surface area (Å²) in [6.45, 7) is 0. The summed E-state index contributed by atoms with van der Waals surface area (Å²) in [6, 6.07) is 8.57. The van der Waals surface area contributed by atoms with Crippen LogP contribution in [0.1, 0.15) is 18.4 Å². The van der Waals surface area contributed by atoms with Gasteiger partial charge in [0.05, 0.1) is 5.60 Å². The summed E-state index contributed by atoms with van der Waals surface area (Å²) in [5, 5.41) is 11.1. The number of nitrogens with zero attached hydrogens (tertiary/aromatic N) is 1. The summed E-state index contributed by atoms with van der Waals surface area (Å²) in [7, 11) is 2.05. The van der Waals surface area contributed by atoms with E-state index in [0.717, 1.165) is 19.3 Å². The molecule has 78 valence electrons. The van der Waals surface area contributed by atoms with Crippen molar-refractivity contribution >= 4 is 10.9 Å². The third kappa shape index (κ3) is 1.55. The highest BCUT2D eigenvalue weighted by molar-refractivity contribution is 5.80. The molecular weight excluding hydrogens is 186 g/mol. The van der Waals surface area contributed by atoms with Crippen LogP contribution < -0.4 is 0 Å². The van der Waals surface area contributed by atoms with Gasteiger partial charge in [-0.1, -0.05) is 6.07 Å². The Kier molecular flexibility index (Phi) is 1.71. The number of aryl methyl sites for hydroxylation is 1. The number of hydrogen-bond donors (Lipinski definition) is 1. The molecule has 0 aliphatic heterocycles. The lowest BCUT2D eigenvalue weighted by atomic mass is 10.0. The van der Waals surface area contributed by atoms with Crippen LogP contribution in [0.2, 0.25) is 0 Å². The van der Waals surface area contributed by atoms with Crippen molar-refractivity contribution in [3.63, 3.8) is 0 Å². The maximum atomic E-state index is 9.85. The van der Waals surface area contributed by atoms with E-state index in [-0.39, 0.29) is 5.60 Å². The molecule has 0 atom stereocenters. The van der Waals surface area contributed by atoms with E-state index >= 15 is 0 Å². The van der Waals surface area contributed by atoms with Crippen molar-refractivity contribution in [1.82, 2.24) is 4.57 Å². The van der Waals surface area contributed by atoms with E-state index in [4.69, 9.17) is 0 Å². The van der Waals surface area contributed by atoms with Crippen LogP contribution in [0.4, 0.5) is 0 Å². The third-order valence-corrected chi connectivity index (χ3v) is 3.31. The lowest BCUT2D eigenvalue weighted by Gasteiger charge is -2.07. The van der Waals surface area contributed by atoms with E-state index in [1.54, 1.807) is 0 Å². The first-order chi connectivity index (χ1) is 7.16. The maximum Gasteiger partial charge on any atom is 0.0690 e. The van der Waals surface area contributed by atoms with Gasteiger partial charge in [-0.2, -0.15) is 0 Å². The largest absolute Gasteiger partial charge is 0.390 e. The molecule has 1 aliphatic carbocycles. The summed E-state index contributed by atoms with van der Waals surface area (Å²) < 4.78 is 2.12. The molecular formula is C13H15NO. The molecule has 0 unspecified atom stereocenters. The number of rotatable bonds is 2. The second kappa shape index (κ2) is 2.86. The van der Waals surface area contributed by atoms with Gasteiger partial charge in [0.1, 0.15) is 0 Å². The van der Waals surface area contributed by atoms with Gasteiger partial charge in [0.25, 0.3) is 0 Å². The lowest BCUT2D eigenvalue weighted by Crippen LogP contribution is -2.10. The van der Waals surface area contributed by atoms with Gasteiger partial charge < -0.3 is 9.67 Å². The van der Waals surface area contributed by atoms with Gasteiger partial charge >= 0.3 is 0 Å². The zero-order valence-electron chi connectivity index (χ0n) is 8.90. The number of fused-ring (bicyclic) bond motifs is 1. The van der Waals surface area contributed by atoms with Crippen molar-refractivity contribution in [2.24, 2.45) is 7.05 Å². The predicted molar refractivity (Wildman–Crippen MR) is 60.8 cm³/mol. The molecule has 1 N–H and O–H groups in total. The molecule has 1 fully saturated rings.